The van der Waals surface area contributed by atoms with E-state index in [1.165, 1.54) is 0 Å². The van der Waals surface area contributed by atoms with Gasteiger partial charge in [-0.05, 0) is 166 Å². The van der Waals surface area contributed by atoms with Crippen LogP contribution in [0.25, 0.3) is 111 Å². The van der Waals surface area contributed by atoms with E-state index < -0.39 is 0 Å². The van der Waals surface area contributed by atoms with Gasteiger partial charge < -0.3 is 15.3 Å². The minimum Gasteiger partial charge on any atom is -0.508 e. The van der Waals surface area contributed by atoms with E-state index in [-0.39, 0.29) is 17.2 Å². The third-order valence-corrected chi connectivity index (χ3v) is 13.0. The minimum atomic E-state index is 0.174. The zero-order valence-corrected chi connectivity index (χ0v) is 37.7. The average molecular weight is 887 g/mol. The second-order valence-corrected chi connectivity index (χ2v) is 17.2. The van der Waals surface area contributed by atoms with Gasteiger partial charge in [-0.15, -0.1) is 0 Å². The van der Waals surface area contributed by atoms with Crippen molar-refractivity contribution in [1.29, 1.82) is 0 Å². The topological polar surface area (TPSA) is 60.7 Å². The number of aromatic hydroxyl groups is 3. The molecule has 69 heavy (non-hydrogen) atoms. The summed E-state index contributed by atoms with van der Waals surface area (Å²) in [5.41, 5.74) is 20.8. The van der Waals surface area contributed by atoms with E-state index in [1.54, 1.807) is 36.4 Å². The number of phenolic OH excluding ortho intramolecular Hbond substituents is 3. The molecule has 0 unspecified atom stereocenters. The second kappa shape index (κ2) is 18.6. The maximum Gasteiger partial charge on any atom is 0.115 e. The number of benzene rings is 11. The van der Waals surface area contributed by atoms with Gasteiger partial charge in [0.05, 0.1) is 0 Å². The molecule has 11 aromatic rings. The van der Waals surface area contributed by atoms with E-state index in [4.69, 9.17) is 0 Å². The molecule has 0 saturated heterocycles. The number of phenols is 3. The summed E-state index contributed by atoms with van der Waals surface area (Å²) in [5, 5.41) is 31.8. The summed E-state index contributed by atoms with van der Waals surface area (Å²) in [5.74, 6) is 0.535. The van der Waals surface area contributed by atoms with Crippen LogP contribution in [0.2, 0.25) is 0 Å². The summed E-state index contributed by atoms with van der Waals surface area (Å²) < 4.78 is 0. The zero-order valence-electron chi connectivity index (χ0n) is 37.7. The maximum absolute atomic E-state index is 10.7. The highest BCUT2D eigenvalue weighted by molar-refractivity contribution is 6.10. The zero-order chi connectivity index (χ0) is 46.7. The van der Waals surface area contributed by atoms with Crippen LogP contribution in [0.15, 0.2) is 261 Å². The number of hydrogen-bond acceptors (Lipinski definition) is 3. The molecule has 0 aliphatic carbocycles. The predicted molar refractivity (Wildman–Crippen MR) is 286 cm³/mol. The van der Waals surface area contributed by atoms with Gasteiger partial charge in [-0.1, -0.05) is 206 Å². The van der Waals surface area contributed by atoms with Crippen LogP contribution in [0.4, 0.5) is 0 Å². The quantitative estimate of drug-likeness (QED) is 0.128. The molecular weight excluding hydrogens is 841 g/mol. The van der Waals surface area contributed by atoms with Crippen molar-refractivity contribution in [1.82, 2.24) is 0 Å². The van der Waals surface area contributed by atoms with Gasteiger partial charge in [-0.3, -0.25) is 0 Å². The molecule has 0 spiro atoms. The fourth-order valence-corrected chi connectivity index (χ4v) is 9.84. The molecule has 0 aromatic heterocycles. The Balaban J connectivity index is 1.30. The van der Waals surface area contributed by atoms with Crippen LogP contribution >= 0.6 is 0 Å². The first kappa shape index (κ1) is 42.5. The summed E-state index contributed by atoms with van der Waals surface area (Å²) in [6, 6.07) is 89.2. The van der Waals surface area contributed by atoms with Crippen LogP contribution in [0.3, 0.4) is 0 Å². The minimum absolute atomic E-state index is 0.174. The average Bonchev–Trinajstić information content (AvgIpc) is 3.41. The molecule has 0 fully saturated rings. The monoisotopic (exact) mass is 886 g/mol. The summed E-state index contributed by atoms with van der Waals surface area (Å²) in [4.78, 5) is 0. The molecular formula is C66H46O3. The Bertz CT molecular complexity index is 3550. The van der Waals surface area contributed by atoms with Crippen LogP contribution in [0, 0.1) is 0 Å². The summed E-state index contributed by atoms with van der Waals surface area (Å²) in [6.45, 7) is 0. The van der Waals surface area contributed by atoms with E-state index in [1.807, 2.05) is 42.5 Å². The molecule has 328 valence electrons. The van der Waals surface area contributed by atoms with Crippen LogP contribution in [-0.2, 0) is 0 Å². The van der Waals surface area contributed by atoms with Crippen LogP contribution in [-0.4, -0.2) is 15.3 Å². The first-order valence-corrected chi connectivity index (χ1v) is 23.2. The first-order valence-electron chi connectivity index (χ1n) is 23.2. The van der Waals surface area contributed by atoms with Gasteiger partial charge in [0.25, 0.3) is 0 Å². The lowest BCUT2D eigenvalue weighted by Crippen LogP contribution is -1.99. The molecule has 0 bridgehead atoms. The Morgan fingerprint density at radius 1 is 0.159 bits per heavy atom. The normalized spacial score (nSPS) is 11.1. The van der Waals surface area contributed by atoms with Gasteiger partial charge >= 0.3 is 0 Å². The van der Waals surface area contributed by atoms with Crippen LogP contribution in [0.5, 0.6) is 17.2 Å². The molecule has 0 saturated carbocycles. The van der Waals surface area contributed by atoms with E-state index in [2.05, 4.69) is 182 Å². The van der Waals surface area contributed by atoms with Crippen molar-refractivity contribution in [2.75, 3.05) is 0 Å². The largest absolute Gasteiger partial charge is 0.508 e. The predicted octanol–water partition coefficient (Wildman–Crippen LogP) is 17.5. The number of rotatable bonds is 10. The standard InChI is InChI=1S/C66H46O3/c67-54-35-29-45(30-36-54)58-42-59(46-31-37-55(68)38-32-46)64(51-33-39-56(69)40-34-51)66(62(58)48-21-10-3-11-22-48)53-28-16-27-52(41-53)60-43-57(44-17-6-1-7-18-44)61(47-19-8-2-9-20-47)65(50-25-14-5-15-26-50)63(60)49-23-12-4-13-24-49/h1-43,67-69H. The third kappa shape index (κ3) is 8.35. The van der Waals surface area contributed by atoms with Crippen molar-refractivity contribution in [3.63, 3.8) is 0 Å². The Hall–Kier alpha value is -9.18. The van der Waals surface area contributed by atoms with Crippen molar-refractivity contribution in [3.8, 4) is 129 Å². The van der Waals surface area contributed by atoms with Crippen molar-refractivity contribution < 1.29 is 15.3 Å². The van der Waals surface area contributed by atoms with Crippen LogP contribution in [0.1, 0.15) is 0 Å². The molecule has 0 atom stereocenters. The van der Waals surface area contributed by atoms with E-state index in [0.29, 0.717) is 0 Å². The first-order chi connectivity index (χ1) is 34.0. The highest BCUT2D eigenvalue weighted by Gasteiger charge is 2.27. The van der Waals surface area contributed by atoms with Gasteiger partial charge in [0.1, 0.15) is 17.2 Å². The van der Waals surface area contributed by atoms with E-state index in [0.717, 1.165) is 111 Å². The fraction of sp³-hybridized carbons (Fsp3) is 0. The lowest BCUT2D eigenvalue weighted by molar-refractivity contribution is 0.475. The second-order valence-electron chi connectivity index (χ2n) is 17.2. The highest BCUT2D eigenvalue weighted by Crippen LogP contribution is 2.54. The summed E-state index contributed by atoms with van der Waals surface area (Å²) in [6.07, 6.45) is 0. The Morgan fingerprint density at radius 2 is 0.391 bits per heavy atom. The third-order valence-electron chi connectivity index (χ3n) is 13.0. The summed E-state index contributed by atoms with van der Waals surface area (Å²) >= 11 is 0. The lowest BCUT2D eigenvalue weighted by Gasteiger charge is -2.26. The maximum atomic E-state index is 10.7. The Morgan fingerprint density at radius 3 is 0.754 bits per heavy atom. The van der Waals surface area contributed by atoms with Gasteiger partial charge in [0, 0.05) is 0 Å². The molecule has 3 nitrogen and oxygen atoms in total. The van der Waals surface area contributed by atoms with Crippen molar-refractivity contribution in [2.45, 2.75) is 0 Å². The smallest absolute Gasteiger partial charge is 0.115 e. The van der Waals surface area contributed by atoms with Crippen molar-refractivity contribution in [3.05, 3.63) is 261 Å². The summed E-state index contributed by atoms with van der Waals surface area (Å²) in [7, 11) is 0. The SMILES string of the molecule is Oc1ccc(-c2cc(-c3ccc(O)cc3)c(-c3ccc(O)cc3)c(-c3cccc(-c4cc(-c5ccccc5)c(-c5ccccc5)c(-c5ccccc5)c4-c4ccccc4)c3)c2-c2ccccc2)cc1. The Labute approximate surface area is 402 Å². The lowest BCUT2D eigenvalue weighted by atomic mass is 9.77. The molecule has 3 N–H and O–H groups in total. The molecule has 3 heteroatoms. The fourth-order valence-electron chi connectivity index (χ4n) is 9.84. The van der Waals surface area contributed by atoms with Crippen molar-refractivity contribution >= 4 is 0 Å². The van der Waals surface area contributed by atoms with E-state index >= 15 is 0 Å². The Kier molecular flexibility index (Phi) is 11.4. The molecule has 11 rings (SSSR count). The highest BCUT2D eigenvalue weighted by atomic mass is 16.3. The molecule has 0 heterocycles. The van der Waals surface area contributed by atoms with Gasteiger partial charge in [-0.25, -0.2) is 0 Å². The van der Waals surface area contributed by atoms with Crippen LogP contribution < -0.4 is 0 Å². The van der Waals surface area contributed by atoms with Crippen molar-refractivity contribution in [2.24, 2.45) is 0 Å². The molecule has 0 amide bonds. The van der Waals surface area contributed by atoms with Gasteiger partial charge in [0.15, 0.2) is 0 Å². The molecule has 0 aliphatic rings. The molecule has 0 radical (unpaired) electrons. The number of hydrogen-bond donors (Lipinski definition) is 3. The molecule has 0 aliphatic heterocycles. The van der Waals surface area contributed by atoms with Gasteiger partial charge in [0.2, 0.25) is 0 Å². The van der Waals surface area contributed by atoms with Gasteiger partial charge in [-0.2, -0.15) is 0 Å². The molecule has 11 aromatic carbocycles. The van der Waals surface area contributed by atoms with E-state index in [9.17, 15) is 15.3 Å².